The minimum absolute atomic E-state index is 0.0889. The molecule has 0 saturated carbocycles. The molecule has 1 aromatic rings. The maximum atomic E-state index is 10.6. The maximum Gasteiger partial charge on any atom is 0.305 e. The fraction of sp³-hybridized carbons (Fsp3) is 0.545. The van der Waals surface area contributed by atoms with E-state index in [0.717, 1.165) is 17.8 Å². The number of aliphatic carboxylic acids is 1. The van der Waals surface area contributed by atoms with E-state index in [1.165, 1.54) is 0 Å². The molecule has 88 valence electrons. The zero-order valence-electron chi connectivity index (χ0n) is 9.82. The number of anilines is 1. The van der Waals surface area contributed by atoms with E-state index >= 15 is 0 Å². The Hall–Kier alpha value is -1.65. The Morgan fingerprint density at radius 2 is 2.25 bits per heavy atom. The summed E-state index contributed by atoms with van der Waals surface area (Å²) in [7, 11) is 0. The Morgan fingerprint density at radius 1 is 1.56 bits per heavy atom. The Bertz CT molecular complexity index is 379. The first kappa shape index (κ1) is 12.4. The van der Waals surface area contributed by atoms with Crippen LogP contribution in [0.1, 0.15) is 31.2 Å². The van der Waals surface area contributed by atoms with Crippen molar-refractivity contribution in [2.45, 2.75) is 39.7 Å². The molecule has 0 aliphatic heterocycles. The number of rotatable bonds is 5. The molecule has 0 aromatic carbocycles. The quantitative estimate of drug-likeness (QED) is 0.795. The summed E-state index contributed by atoms with van der Waals surface area (Å²) in [6, 6.07) is -0.104. The Balaban J connectivity index is 2.77. The first-order valence-electron chi connectivity index (χ1n) is 5.31. The minimum Gasteiger partial charge on any atom is -0.481 e. The molecule has 0 amide bonds. The van der Waals surface area contributed by atoms with Gasteiger partial charge in [0.2, 0.25) is 0 Å². The van der Waals surface area contributed by atoms with Gasteiger partial charge in [-0.15, -0.1) is 0 Å². The van der Waals surface area contributed by atoms with Crippen molar-refractivity contribution in [2.24, 2.45) is 0 Å². The molecule has 0 aliphatic rings. The first-order chi connectivity index (χ1) is 7.52. The molecule has 0 aliphatic carbocycles. The summed E-state index contributed by atoms with van der Waals surface area (Å²) in [4.78, 5) is 19.1. The number of nitrogens with zero attached hydrogens (tertiary/aromatic N) is 2. The molecular formula is C11H17N3O2. The highest BCUT2D eigenvalue weighted by Gasteiger charge is 2.13. The molecule has 0 fully saturated rings. The smallest absolute Gasteiger partial charge is 0.305 e. The molecule has 1 rings (SSSR count). The van der Waals surface area contributed by atoms with Crippen LogP contribution in [0.2, 0.25) is 0 Å². The molecule has 16 heavy (non-hydrogen) atoms. The Kier molecular flexibility index (Phi) is 4.22. The van der Waals surface area contributed by atoms with Crippen LogP contribution in [0.3, 0.4) is 0 Å². The largest absolute Gasteiger partial charge is 0.481 e. The Labute approximate surface area is 94.9 Å². The molecule has 1 heterocycles. The summed E-state index contributed by atoms with van der Waals surface area (Å²) in [6.07, 6.45) is 2.52. The van der Waals surface area contributed by atoms with Gasteiger partial charge in [-0.2, -0.15) is 0 Å². The van der Waals surface area contributed by atoms with Gasteiger partial charge in [-0.25, -0.2) is 4.98 Å². The van der Waals surface area contributed by atoms with E-state index < -0.39 is 5.97 Å². The highest BCUT2D eigenvalue weighted by atomic mass is 16.4. The van der Waals surface area contributed by atoms with Gasteiger partial charge in [-0.3, -0.25) is 9.78 Å². The van der Waals surface area contributed by atoms with Gasteiger partial charge in [0.1, 0.15) is 5.82 Å². The van der Waals surface area contributed by atoms with E-state index in [-0.39, 0.29) is 12.5 Å². The van der Waals surface area contributed by atoms with Crippen molar-refractivity contribution >= 4 is 11.8 Å². The van der Waals surface area contributed by atoms with Gasteiger partial charge < -0.3 is 10.4 Å². The predicted molar refractivity (Wildman–Crippen MR) is 61.5 cm³/mol. The summed E-state index contributed by atoms with van der Waals surface area (Å²) in [5, 5.41) is 11.9. The second-order valence-corrected chi connectivity index (χ2v) is 3.79. The fourth-order valence-electron chi connectivity index (χ4n) is 1.38. The second-order valence-electron chi connectivity index (χ2n) is 3.79. The number of aromatic nitrogens is 2. The van der Waals surface area contributed by atoms with Gasteiger partial charge in [0, 0.05) is 12.2 Å². The molecule has 0 spiro atoms. The normalized spacial score (nSPS) is 12.2. The topological polar surface area (TPSA) is 75.1 Å². The lowest BCUT2D eigenvalue weighted by atomic mass is 10.1. The molecule has 0 bridgehead atoms. The van der Waals surface area contributed by atoms with E-state index in [9.17, 15) is 4.79 Å². The number of nitrogens with one attached hydrogen (secondary N) is 1. The molecule has 5 nitrogen and oxygen atoms in total. The summed E-state index contributed by atoms with van der Waals surface area (Å²) < 4.78 is 0. The summed E-state index contributed by atoms with van der Waals surface area (Å²) in [5.41, 5.74) is 1.60. The third-order valence-electron chi connectivity index (χ3n) is 2.33. The second kappa shape index (κ2) is 5.44. The number of carboxylic acids is 1. The van der Waals surface area contributed by atoms with Gasteiger partial charge in [-0.1, -0.05) is 6.92 Å². The standard InChI is InChI=1S/C11H17N3O2/c1-4-9(5-10(15)16)14-11-8(3)12-6-7(2)13-11/h6,9H,4-5H2,1-3H3,(H,13,14)(H,15,16). The monoisotopic (exact) mass is 223 g/mol. The lowest BCUT2D eigenvalue weighted by molar-refractivity contribution is -0.137. The summed E-state index contributed by atoms with van der Waals surface area (Å²) in [5.74, 6) is -0.134. The van der Waals surface area contributed by atoms with Crippen molar-refractivity contribution in [2.75, 3.05) is 5.32 Å². The van der Waals surface area contributed by atoms with Crippen molar-refractivity contribution < 1.29 is 9.90 Å². The van der Waals surface area contributed by atoms with Crippen molar-refractivity contribution in [1.29, 1.82) is 0 Å². The molecule has 1 aromatic heterocycles. The van der Waals surface area contributed by atoms with Crippen LogP contribution < -0.4 is 5.32 Å². The lowest BCUT2D eigenvalue weighted by Crippen LogP contribution is -2.23. The number of aryl methyl sites for hydroxylation is 2. The van der Waals surface area contributed by atoms with Crippen LogP contribution in [0, 0.1) is 13.8 Å². The van der Waals surface area contributed by atoms with E-state index in [1.54, 1.807) is 6.20 Å². The highest BCUT2D eigenvalue weighted by molar-refractivity contribution is 5.68. The third-order valence-corrected chi connectivity index (χ3v) is 2.33. The number of hydrogen-bond acceptors (Lipinski definition) is 4. The molecule has 0 radical (unpaired) electrons. The Morgan fingerprint density at radius 3 is 2.81 bits per heavy atom. The van der Waals surface area contributed by atoms with Crippen LogP contribution in [-0.2, 0) is 4.79 Å². The predicted octanol–water partition coefficient (Wildman–Crippen LogP) is 1.76. The zero-order chi connectivity index (χ0) is 12.1. The fourth-order valence-corrected chi connectivity index (χ4v) is 1.38. The molecule has 2 N–H and O–H groups in total. The number of carboxylic acid groups (broad SMARTS) is 1. The molecule has 1 unspecified atom stereocenters. The van der Waals surface area contributed by atoms with Gasteiger partial charge >= 0.3 is 5.97 Å². The number of carbonyl (C=O) groups is 1. The van der Waals surface area contributed by atoms with E-state index in [2.05, 4.69) is 15.3 Å². The van der Waals surface area contributed by atoms with Gasteiger partial charge in [0.05, 0.1) is 17.8 Å². The zero-order valence-corrected chi connectivity index (χ0v) is 9.82. The molecule has 0 saturated heterocycles. The molecular weight excluding hydrogens is 206 g/mol. The van der Waals surface area contributed by atoms with Crippen molar-refractivity contribution in [3.63, 3.8) is 0 Å². The summed E-state index contributed by atoms with van der Waals surface area (Å²) >= 11 is 0. The van der Waals surface area contributed by atoms with Crippen LogP contribution in [0.5, 0.6) is 0 Å². The van der Waals surface area contributed by atoms with Crippen LogP contribution in [0.4, 0.5) is 5.82 Å². The minimum atomic E-state index is -0.808. The molecule has 5 heteroatoms. The lowest BCUT2D eigenvalue weighted by Gasteiger charge is -2.16. The third kappa shape index (κ3) is 3.49. The van der Waals surface area contributed by atoms with Crippen molar-refractivity contribution in [3.8, 4) is 0 Å². The van der Waals surface area contributed by atoms with Crippen LogP contribution in [0.15, 0.2) is 6.20 Å². The van der Waals surface area contributed by atoms with E-state index in [0.29, 0.717) is 5.82 Å². The average Bonchev–Trinajstić information content (AvgIpc) is 2.21. The van der Waals surface area contributed by atoms with Crippen LogP contribution in [0.25, 0.3) is 0 Å². The SMILES string of the molecule is CCC(CC(=O)O)Nc1nc(C)cnc1C. The maximum absolute atomic E-state index is 10.6. The van der Waals surface area contributed by atoms with E-state index in [4.69, 9.17) is 5.11 Å². The van der Waals surface area contributed by atoms with Crippen molar-refractivity contribution in [1.82, 2.24) is 9.97 Å². The molecule has 1 atom stereocenters. The van der Waals surface area contributed by atoms with Crippen LogP contribution in [-0.4, -0.2) is 27.1 Å². The van der Waals surface area contributed by atoms with Crippen molar-refractivity contribution in [3.05, 3.63) is 17.6 Å². The number of hydrogen-bond donors (Lipinski definition) is 2. The van der Waals surface area contributed by atoms with Gasteiger partial charge in [0.15, 0.2) is 0 Å². The van der Waals surface area contributed by atoms with Gasteiger partial charge in [0.25, 0.3) is 0 Å². The summed E-state index contributed by atoms with van der Waals surface area (Å²) in [6.45, 7) is 5.65. The first-order valence-corrected chi connectivity index (χ1v) is 5.31. The van der Waals surface area contributed by atoms with Gasteiger partial charge in [-0.05, 0) is 20.3 Å². The van der Waals surface area contributed by atoms with Crippen LogP contribution >= 0.6 is 0 Å². The average molecular weight is 223 g/mol. The van der Waals surface area contributed by atoms with E-state index in [1.807, 2.05) is 20.8 Å². The highest BCUT2D eigenvalue weighted by Crippen LogP contribution is 2.12.